The molecule has 0 bridgehead atoms. The molecule has 1 aromatic carbocycles. The van der Waals surface area contributed by atoms with Crippen LogP contribution in [0.2, 0.25) is 0 Å². The van der Waals surface area contributed by atoms with Crippen molar-refractivity contribution < 1.29 is 18.3 Å². The van der Waals surface area contributed by atoms with Crippen LogP contribution in [0.4, 0.5) is 0 Å². The first-order valence-electron chi connectivity index (χ1n) is 14.8. The molecule has 0 aromatic heterocycles. The lowest BCUT2D eigenvalue weighted by molar-refractivity contribution is -0.129. The number of nitrogens with zero attached hydrogens (tertiary/aromatic N) is 2. The largest absolute Gasteiger partial charge is 0.387 e. The highest BCUT2D eigenvalue weighted by Crippen LogP contribution is 2.65. The summed E-state index contributed by atoms with van der Waals surface area (Å²) in [6, 6.07) is 8.26. The number of aliphatic hydroxyl groups is 1. The van der Waals surface area contributed by atoms with Gasteiger partial charge in [0.25, 0.3) is 0 Å². The fourth-order valence-electron chi connectivity index (χ4n) is 9.56. The maximum atomic E-state index is 13.5. The Labute approximate surface area is 229 Å². The van der Waals surface area contributed by atoms with Crippen LogP contribution in [0.5, 0.6) is 0 Å². The number of hydrogen-bond donors (Lipinski definition) is 1. The van der Waals surface area contributed by atoms with Gasteiger partial charge in [-0.1, -0.05) is 6.92 Å². The molecule has 1 N–H and O–H groups in total. The van der Waals surface area contributed by atoms with Gasteiger partial charge in [0.2, 0.25) is 10.0 Å². The molecule has 6 nitrogen and oxygen atoms in total. The van der Waals surface area contributed by atoms with Crippen molar-refractivity contribution in [2.24, 2.45) is 40.9 Å². The number of sulfonamides is 1. The SMILES string of the molecule is CCOC[C@@]1(O)CC[C@@H]2C3CC[C@@]4(C)C(CCC4[C@@H](C)N(C)S(=O)(=O)c4ccc(C#N)cc4)[C@@H]3CC[C@@H]2C1. The van der Waals surface area contributed by atoms with Gasteiger partial charge in [-0.15, -0.1) is 0 Å². The fourth-order valence-corrected chi connectivity index (χ4v) is 11.0. The zero-order valence-electron chi connectivity index (χ0n) is 23.6. The van der Waals surface area contributed by atoms with E-state index >= 15 is 0 Å². The molecule has 210 valence electrons. The van der Waals surface area contributed by atoms with E-state index in [0.29, 0.717) is 36.5 Å². The molecule has 0 aliphatic heterocycles. The predicted octanol–water partition coefficient (Wildman–Crippen LogP) is 5.60. The summed E-state index contributed by atoms with van der Waals surface area (Å²) in [5.74, 6) is 3.80. The van der Waals surface area contributed by atoms with Crippen molar-refractivity contribution in [2.45, 2.75) is 95.1 Å². The first kappa shape index (κ1) is 28.1. The Morgan fingerprint density at radius 3 is 2.47 bits per heavy atom. The third-order valence-electron chi connectivity index (χ3n) is 11.6. The lowest BCUT2D eigenvalue weighted by Gasteiger charge is -2.57. The molecule has 38 heavy (non-hydrogen) atoms. The molecule has 9 atom stereocenters. The molecule has 0 spiro atoms. The third kappa shape index (κ3) is 4.74. The van der Waals surface area contributed by atoms with E-state index in [9.17, 15) is 13.5 Å². The normalized spacial score (nSPS) is 39.6. The highest BCUT2D eigenvalue weighted by molar-refractivity contribution is 7.89. The van der Waals surface area contributed by atoms with Crippen molar-refractivity contribution in [1.29, 1.82) is 5.26 Å². The summed E-state index contributed by atoms with van der Waals surface area (Å²) in [5.41, 5.74) is -0.0209. The summed E-state index contributed by atoms with van der Waals surface area (Å²) in [7, 11) is -1.90. The molecule has 4 aliphatic rings. The monoisotopic (exact) mass is 542 g/mol. The van der Waals surface area contributed by atoms with Gasteiger partial charge in [0, 0.05) is 19.7 Å². The maximum Gasteiger partial charge on any atom is 0.243 e. The molecule has 0 heterocycles. The van der Waals surface area contributed by atoms with E-state index in [2.05, 4.69) is 19.9 Å². The summed E-state index contributed by atoms with van der Waals surface area (Å²) in [6.07, 6.45) is 10.0. The van der Waals surface area contributed by atoms with Gasteiger partial charge in [0.05, 0.1) is 28.7 Å². The van der Waals surface area contributed by atoms with Crippen LogP contribution in [0, 0.1) is 52.3 Å². The minimum absolute atomic E-state index is 0.0817. The molecule has 5 rings (SSSR count). The van der Waals surface area contributed by atoms with Gasteiger partial charge in [-0.3, -0.25) is 0 Å². The second-order valence-electron chi connectivity index (χ2n) is 13.2. The summed E-state index contributed by atoms with van der Waals surface area (Å²) < 4.78 is 34.3. The van der Waals surface area contributed by atoms with E-state index in [0.717, 1.165) is 43.4 Å². The Kier molecular flexibility index (Phi) is 7.76. The standard InChI is InChI=1S/C31H46N2O4S/c1-5-37-20-31(34)17-15-25-23(18-31)8-11-27-26(25)14-16-30(3)28(12-13-29(27)30)21(2)33(4)38(35,36)24-9-6-22(19-32)7-10-24/h6-7,9-10,21,23,25-29,34H,5,8,11-18,20H2,1-4H3/t21-,23-,25+,26?,27-,28?,29?,30-,31-/m1/s1. The number of nitriles is 1. The number of fused-ring (bicyclic) bond motifs is 5. The average molecular weight is 543 g/mol. The van der Waals surface area contributed by atoms with Crippen LogP contribution >= 0.6 is 0 Å². The molecule has 4 saturated carbocycles. The van der Waals surface area contributed by atoms with E-state index in [-0.39, 0.29) is 16.4 Å². The van der Waals surface area contributed by atoms with E-state index in [4.69, 9.17) is 10.00 Å². The number of hydrogen-bond acceptors (Lipinski definition) is 5. The van der Waals surface area contributed by atoms with Crippen LogP contribution in [-0.4, -0.2) is 49.7 Å². The Morgan fingerprint density at radius 1 is 1.08 bits per heavy atom. The predicted molar refractivity (Wildman–Crippen MR) is 148 cm³/mol. The Bertz CT molecular complexity index is 1150. The van der Waals surface area contributed by atoms with Gasteiger partial charge in [-0.05, 0) is 137 Å². The Hall–Kier alpha value is -1.46. The smallest absolute Gasteiger partial charge is 0.243 e. The number of ether oxygens (including phenoxy) is 1. The maximum absolute atomic E-state index is 13.5. The van der Waals surface area contributed by atoms with Crippen LogP contribution < -0.4 is 0 Å². The van der Waals surface area contributed by atoms with E-state index in [1.54, 1.807) is 35.6 Å². The highest BCUT2D eigenvalue weighted by atomic mass is 32.2. The minimum Gasteiger partial charge on any atom is -0.387 e. The molecule has 4 fully saturated rings. The second kappa shape index (κ2) is 10.5. The van der Waals surface area contributed by atoms with Gasteiger partial charge in [0.15, 0.2) is 0 Å². The van der Waals surface area contributed by atoms with Gasteiger partial charge < -0.3 is 9.84 Å². The first-order valence-corrected chi connectivity index (χ1v) is 16.3. The number of rotatable bonds is 7. The summed E-state index contributed by atoms with van der Waals surface area (Å²) >= 11 is 0. The van der Waals surface area contributed by atoms with Gasteiger partial charge >= 0.3 is 0 Å². The van der Waals surface area contributed by atoms with Crippen molar-refractivity contribution in [3.63, 3.8) is 0 Å². The molecular weight excluding hydrogens is 496 g/mol. The molecule has 1 aromatic rings. The quantitative estimate of drug-likeness (QED) is 0.484. The van der Waals surface area contributed by atoms with Crippen molar-refractivity contribution in [3.05, 3.63) is 29.8 Å². The lowest BCUT2D eigenvalue weighted by Crippen LogP contribution is -2.53. The lowest BCUT2D eigenvalue weighted by atomic mass is 9.48. The van der Waals surface area contributed by atoms with Crippen LogP contribution in [0.3, 0.4) is 0 Å². The molecule has 3 unspecified atom stereocenters. The summed E-state index contributed by atoms with van der Waals surface area (Å²) in [4.78, 5) is 0.258. The Morgan fingerprint density at radius 2 is 1.79 bits per heavy atom. The second-order valence-corrected chi connectivity index (χ2v) is 15.2. The van der Waals surface area contributed by atoms with Crippen LogP contribution in [-0.2, 0) is 14.8 Å². The van der Waals surface area contributed by atoms with E-state index in [1.165, 1.54) is 32.1 Å². The molecule has 0 saturated heterocycles. The van der Waals surface area contributed by atoms with Crippen molar-refractivity contribution in [2.75, 3.05) is 20.3 Å². The molecule has 4 aliphatic carbocycles. The summed E-state index contributed by atoms with van der Waals surface area (Å²) in [6.45, 7) is 7.68. The van der Waals surface area contributed by atoms with Gasteiger partial charge in [0.1, 0.15) is 0 Å². The van der Waals surface area contributed by atoms with Gasteiger partial charge in [-0.25, -0.2) is 8.42 Å². The molecule has 7 heteroatoms. The van der Waals surface area contributed by atoms with Crippen molar-refractivity contribution in [3.8, 4) is 6.07 Å². The zero-order valence-corrected chi connectivity index (χ0v) is 24.4. The average Bonchev–Trinajstić information content (AvgIpc) is 3.28. The molecular formula is C31H46N2O4S. The van der Waals surface area contributed by atoms with Crippen molar-refractivity contribution in [1.82, 2.24) is 4.31 Å². The van der Waals surface area contributed by atoms with E-state index in [1.807, 2.05) is 6.92 Å². The minimum atomic E-state index is -3.63. The van der Waals surface area contributed by atoms with Crippen LogP contribution in [0.1, 0.15) is 84.1 Å². The Balaban J connectivity index is 1.29. The first-order chi connectivity index (χ1) is 18.0. The van der Waals surface area contributed by atoms with Crippen LogP contribution in [0.15, 0.2) is 29.2 Å². The molecule has 0 radical (unpaired) electrons. The third-order valence-corrected chi connectivity index (χ3v) is 13.5. The van der Waals surface area contributed by atoms with E-state index < -0.39 is 15.6 Å². The topological polar surface area (TPSA) is 90.6 Å². The summed E-state index contributed by atoms with van der Waals surface area (Å²) in [5, 5.41) is 20.2. The zero-order chi connectivity index (χ0) is 27.3. The fraction of sp³-hybridized carbons (Fsp3) is 0.774. The highest BCUT2D eigenvalue weighted by Gasteiger charge is 2.59. The number of benzene rings is 1. The van der Waals surface area contributed by atoms with Gasteiger partial charge in [-0.2, -0.15) is 9.57 Å². The van der Waals surface area contributed by atoms with Crippen LogP contribution in [0.25, 0.3) is 0 Å². The molecule has 0 amide bonds. The van der Waals surface area contributed by atoms with Crippen molar-refractivity contribution >= 4 is 10.0 Å².